The van der Waals surface area contributed by atoms with Crippen molar-refractivity contribution in [2.24, 2.45) is 0 Å². The lowest BCUT2D eigenvalue weighted by Gasteiger charge is -2.11. The quantitative estimate of drug-likeness (QED) is 0.902. The molecule has 0 saturated heterocycles. The van der Waals surface area contributed by atoms with Gasteiger partial charge in [-0.3, -0.25) is 4.79 Å². The van der Waals surface area contributed by atoms with Crippen molar-refractivity contribution in [1.82, 2.24) is 4.98 Å². The van der Waals surface area contributed by atoms with Gasteiger partial charge in [0, 0.05) is 13.0 Å². The number of anilines is 1. The summed E-state index contributed by atoms with van der Waals surface area (Å²) < 4.78 is 5.61. The summed E-state index contributed by atoms with van der Waals surface area (Å²) in [5.74, 6) is -0.556. The molecule has 21 heavy (non-hydrogen) atoms. The van der Waals surface area contributed by atoms with Crippen LogP contribution in [0, 0.1) is 6.92 Å². The molecule has 0 saturated carbocycles. The van der Waals surface area contributed by atoms with Crippen molar-refractivity contribution in [3.63, 3.8) is 0 Å². The Morgan fingerprint density at radius 2 is 1.90 bits per heavy atom. The molecule has 0 bridgehead atoms. The number of pyridine rings is 1. The Bertz CT molecular complexity index is 698. The molecular weight excluding hydrogens is 272 g/mol. The minimum absolute atomic E-state index is 0.123. The fourth-order valence-corrected chi connectivity index (χ4v) is 1.78. The summed E-state index contributed by atoms with van der Waals surface area (Å²) in [6.45, 7) is 3.00. The lowest BCUT2D eigenvalue weighted by atomic mass is 10.2. The molecule has 6 nitrogen and oxygen atoms in total. The summed E-state index contributed by atoms with van der Waals surface area (Å²) in [4.78, 5) is 26.2. The van der Waals surface area contributed by atoms with Crippen LogP contribution in [0.15, 0.2) is 36.4 Å². The lowest BCUT2D eigenvalue weighted by Crippen LogP contribution is -2.07. The first kappa shape index (κ1) is 14.5. The molecule has 2 rings (SSSR count). The van der Waals surface area contributed by atoms with Crippen LogP contribution in [0.4, 0.5) is 5.69 Å². The minimum Gasteiger partial charge on any atom is -0.478 e. The monoisotopic (exact) mass is 286 g/mol. The number of carboxylic acid groups (broad SMARTS) is 1. The third kappa shape index (κ3) is 3.56. The predicted octanol–water partition coefficient (Wildman–Crippen LogP) is 2.84. The highest BCUT2D eigenvalue weighted by Crippen LogP contribution is 2.28. The van der Waals surface area contributed by atoms with Crippen LogP contribution in [0.3, 0.4) is 0 Å². The second-order valence-corrected chi connectivity index (χ2v) is 4.37. The fraction of sp³-hybridized carbons (Fsp3) is 0.133. The van der Waals surface area contributed by atoms with Gasteiger partial charge >= 0.3 is 5.97 Å². The topological polar surface area (TPSA) is 88.5 Å². The number of aryl methyl sites for hydroxylation is 1. The van der Waals surface area contributed by atoms with Crippen LogP contribution < -0.4 is 10.1 Å². The SMILES string of the molecule is CC(=O)Nc1ccccc1Oc1ccc(C(=O)O)c(C)n1. The number of rotatable bonds is 4. The van der Waals surface area contributed by atoms with Crippen molar-refractivity contribution in [3.05, 3.63) is 47.7 Å². The number of hydrogen-bond donors (Lipinski definition) is 2. The molecule has 0 spiro atoms. The molecular formula is C15H14N2O4. The number of nitrogens with zero attached hydrogens (tertiary/aromatic N) is 1. The Hall–Kier alpha value is -2.89. The van der Waals surface area contributed by atoms with Crippen molar-refractivity contribution >= 4 is 17.6 Å². The van der Waals surface area contributed by atoms with E-state index in [-0.39, 0.29) is 17.4 Å². The van der Waals surface area contributed by atoms with E-state index in [9.17, 15) is 9.59 Å². The predicted molar refractivity (Wildman–Crippen MR) is 76.8 cm³/mol. The normalized spacial score (nSPS) is 10.0. The smallest absolute Gasteiger partial charge is 0.337 e. The number of benzene rings is 1. The van der Waals surface area contributed by atoms with Gasteiger partial charge in [-0.2, -0.15) is 0 Å². The maximum absolute atomic E-state index is 11.1. The van der Waals surface area contributed by atoms with Crippen molar-refractivity contribution < 1.29 is 19.4 Å². The minimum atomic E-state index is -1.04. The van der Waals surface area contributed by atoms with Crippen molar-refractivity contribution in [3.8, 4) is 11.6 Å². The van der Waals surface area contributed by atoms with Gasteiger partial charge in [0.15, 0.2) is 5.75 Å². The summed E-state index contributed by atoms with van der Waals surface area (Å²) in [5.41, 5.74) is 1.00. The van der Waals surface area contributed by atoms with Gasteiger partial charge in [-0.05, 0) is 25.1 Å². The molecule has 0 unspecified atom stereocenters. The standard InChI is InChI=1S/C15H14N2O4/c1-9-11(15(19)20)7-8-14(16-9)21-13-6-4-3-5-12(13)17-10(2)18/h3-8H,1-2H3,(H,17,18)(H,19,20). The maximum Gasteiger partial charge on any atom is 0.337 e. The highest BCUT2D eigenvalue weighted by Gasteiger charge is 2.11. The van der Waals surface area contributed by atoms with Gasteiger partial charge in [-0.15, -0.1) is 0 Å². The Labute approximate surface area is 121 Å². The third-order valence-electron chi connectivity index (χ3n) is 2.70. The lowest BCUT2D eigenvalue weighted by molar-refractivity contribution is -0.114. The zero-order chi connectivity index (χ0) is 15.4. The number of nitrogens with one attached hydrogen (secondary N) is 1. The van der Waals surface area contributed by atoms with E-state index in [2.05, 4.69) is 10.3 Å². The second kappa shape index (κ2) is 6.04. The zero-order valence-electron chi connectivity index (χ0n) is 11.6. The van der Waals surface area contributed by atoms with Crippen LogP contribution in [0.2, 0.25) is 0 Å². The maximum atomic E-state index is 11.1. The van der Waals surface area contributed by atoms with Gasteiger partial charge in [0.2, 0.25) is 11.8 Å². The molecule has 0 aliphatic heterocycles. The van der Waals surface area contributed by atoms with E-state index in [0.717, 1.165) is 0 Å². The van der Waals surface area contributed by atoms with Crippen LogP contribution in [-0.2, 0) is 4.79 Å². The van der Waals surface area contributed by atoms with Crippen LogP contribution in [0.25, 0.3) is 0 Å². The van der Waals surface area contributed by atoms with Gasteiger partial charge in [-0.25, -0.2) is 9.78 Å². The van der Waals surface area contributed by atoms with Gasteiger partial charge in [0.25, 0.3) is 0 Å². The Morgan fingerprint density at radius 3 is 2.52 bits per heavy atom. The van der Waals surface area contributed by atoms with E-state index in [4.69, 9.17) is 9.84 Å². The van der Waals surface area contributed by atoms with E-state index < -0.39 is 5.97 Å². The fourth-order valence-electron chi connectivity index (χ4n) is 1.78. The Morgan fingerprint density at radius 1 is 1.19 bits per heavy atom. The number of para-hydroxylation sites is 2. The third-order valence-corrected chi connectivity index (χ3v) is 2.70. The molecule has 1 aromatic heterocycles. The van der Waals surface area contributed by atoms with Crippen LogP contribution in [0.1, 0.15) is 23.0 Å². The number of ether oxygens (including phenoxy) is 1. The summed E-state index contributed by atoms with van der Waals surface area (Å²) in [7, 11) is 0. The molecule has 2 N–H and O–H groups in total. The van der Waals surface area contributed by atoms with Crippen molar-refractivity contribution in [2.45, 2.75) is 13.8 Å². The molecule has 2 aromatic rings. The molecule has 1 aromatic carbocycles. The Balaban J connectivity index is 2.28. The van der Waals surface area contributed by atoms with Crippen molar-refractivity contribution in [1.29, 1.82) is 0 Å². The number of aromatic nitrogens is 1. The summed E-state index contributed by atoms with van der Waals surface area (Å²) >= 11 is 0. The number of aromatic carboxylic acids is 1. The van der Waals surface area contributed by atoms with Crippen LogP contribution in [0.5, 0.6) is 11.6 Å². The van der Waals surface area contributed by atoms with Crippen LogP contribution >= 0.6 is 0 Å². The molecule has 0 aliphatic rings. The van der Waals surface area contributed by atoms with Crippen LogP contribution in [-0.4, -0.2) is 22.0 Å². The molecule has 108 valence electrons. The van der Waals surface area contributed by atoms with Crippen molar-refractivity contribution in [2.75, 3.05) is 5.32 Å². The molecule has 6 heteroatoms. The van der Waals surface area contributed by atoms with Gasteiger partial charge < -0.3 is 15.2 Å². The number of amides is 1. The highest BCUT2D eigenvalue weighted by atomic mass is 16.5. The second-order valence-electron chi connectivity index (χ2n) is 4.37. The average Bonchev–Trinajstić information content (AvgIpc) is 2.40. The first-order valence-electron chi connectivity index (χ1n) is 6.23. The van der Waals surface area contributed by atoms with E-state index in [1.54, 1.807) is 31.2 Å². The van der Waals surface area contributed by atoms with E-state index in [1.165, 1.54) is 19.1 Å². The zero-order valence-corrected chi connectivity index (χ0v) is 11.6. The van der Waals surface area contributed by atoms with Gasteiger partial charge in [0.05, 0.1) is 16.9 Å². The summed E-state index contributed by atoms with van der Waals surface area (Å²) in [5, 5.41) is 11.6. The average molecular weight is 286 g/mol. The Kier molecular flexibility index (Phi) is 4.18. The molecule has 0 atom stereocenters. The molecule has 1 heterocycles. The number of carboxylic acids is 1. The summed E-state index contributed by atoms with van der Waals surface area (Å²) in [6, 6.07) is 9.83. The first-order valence-corrected chi connectivity index (χ1v) is 6.23. The molecule has 0 fully saturated rings. The number of carbonyl (C=O) groups is 2. The van der Waals surface area contributed by atoms with Gasteiger partial charge in [0.1, 0.15) is 0 Å². The largest absolute Gasteiger partial charge is 0.478 e. The number of carbonyl (C=O) groups excluding carboxylic acids is 1. The number of hydrogen-bond acceptors (Lipinski definition) is 4. The van der Waals surface area contributed by atoms with E-state index in [0.29, 0.717) is 17.1 Å². The highest BCUT2D eigenvalue weighted by molar-refractivity contribution is 5.90. The molecule has 0 radical (unpaired) electrons. The molecule has 0 aliphatic carbocycles. The van der Waals surface area contributed by atoms with Gasteiger partial charge in [-0.1, -0.05) is 12.1 Å². The summed E-state index contributed by atoms with van der Waals surface area (Å²) in [6.07, 6.45) is 0. The first-order chi connectivity index (χ1) is 9.97. The molecule has 1 amide bonds. The van der Waals surface area contributed by atoms with E-state index >= 15 is 0 Å². The van der Waals surface area contributed by atoms with E-state index in [1.807, 2.05) is 0 Å².